The smallest absolute Gasteiger partial charge is 0.225 e. The lowest BCUT2D eigenvalue weighted by molar-refractivity contribution is -0.121. The van der Waals surface area contributed by atoms with E-state index >= 15 is 0 Å². The van der Waals surface area contributed by atoms with E-state index in [1.54, 1.807) is 11.3 Å². The van der Waals surface area contributed by atoms with E-state index in [1.165, 1.54) is 5.56 Å². The molecule has 2 heterocycles. The van der Waals surface area contributed by atoms with Gasteiger partial charge in [0.1, 0.15) is 0 Å². The molecule has 1 N–H and O–H groups in total. The molecule has 6 heteroatoms. The second-order valence-electron chi connectivity index (χ2n) is 7.91. The number of nitrogens with zero attached hydrogens (tertiary/aromatic N) is 2. The van der Waals surface area contributed by atoms with Gasteiger partial charge >= 0.3 is 0 Å². The lowest BCUT2D eigenvalue weighted by Gasteiger charge is -2.39. The van der Waals surface area contributed by atoms with Crippen molar-refractivity contribution < 1.29 is 9.53 Å². The van der Waals surface area contributed by atoms with Crippen LogP contribution in [-0.4, -0.2) is 53.7 Å². The molecule has 3 atom stereocenters. The van der Waals surface area contributed by atoms with Gasteiger partial charge in [0.15, 0.2) is 0 Å². The van der Waals surface area contributed by atoms with Gasteiger partial charge in [0, 0.05) is 36.1 Å². The van der Waals surface area contributed by atoms with Gasteiger partial charge in [-0.05, 0) is 34.6 Å². The summed E-state index contributed by atoms with van der Waals surface area (Å²) in [6, 6.07) is 8.61. The van der Waals surface area contributed by atoms with Crippen LogP contribution in [0.1, 0.15) is 36.2 Å². The molecule has 2 aromatic rings. The highest BCUT2D eigenvalue weighted by Crippen LogP contribution is 2.28. The molecule has 0 spiro atoms. The number of aromatic nitrogens is 1. The highest BCUT2D eigenvalue weighted by Gasteiger charge is 2.26. The Morgan fingerprint density at radius 3 is 2.54 bits per heavy atom. The van der Waals surface area contributed by atoms with E-state index in [2.05, 4.69) is 67.2 Å². The molecule has 1 fully saturated rings. The summed E-state index contributed by atoms with van der Waals surface area (Å²) in [5.74, 6) is 0.0539. The Labute approximate surface area is 172 Å². The van der Waals surface area contributed by atoms with Gasteiger partial charge < -0.3 is 10.1 Å². The fourth-order valence-electron chi connectivity index (χ4n) is 3.70. The fourth-order valence-corrected chi connectivity index (χ4v) is 4.66. The zero-order chi connectivity index (χ0) is 20.3. The zero-order valence-corrected chi connectivity index (χ0v) is 18.3. The molecule has 0 bridgehead atoms. The summed E-state index contributed by atoms with van der Waals surface area (Å²) in [5, 5.41) is 4.10. The van der Waals surface area contributed by atoms with Crippen LogP contribution >= 0.6 is 11.3 Å². The van der Waals surface area contributed by atoms with Crippen LogP contribution in [-0.2, 0) is 16.0 Å². The Morgan fingerprint density at radius 1 is 1.25 bits per heavy atom. The molecule has 0 radical (unpaired) electrons. The van der Waals surface area contributed by atoms with E-state index in [4.69, 9.17) is 4.74 Å². The molecule has 0 saturated carbocycles. The molecule has 5 nitrogen and oxygen atoms in total. The molecule has 0 unspecified atom stereocenters. The maximum Gasteiger partial charge on any atom is 0.225 e. The number of benzene rings is 1. The van der Waals surface area contributed by atoms with Crippen molar-refractivity contribution in [2.45, 2.75) is 59.3 Å². The predicted molar refractivity (Wildman–Crippen MR) is 115 cm³/mol. The molecule has 28 heavy (non-hydrogen) atoms. The molecule has 3 rings (SSSR count). The van der Waals surface area contributed by atoms with Crippen LogP contribution in [0.15, 0.2) is 24.3 Å². The summed E-state index contributed by atoms with van der Waals surface area (Å²) in [6.07, 6.45) is 0.843. The Kier molecular flexibility index (Phi) is 6.86. The van der Waals surface area contributed by atoms with Crippen LogP contribution in [0.4, 0.5) is 0 Å². The summed E-state index contributed by atoms with van der Waals surface area (Å²) in [4.78, 5) is 20.7. The largest absolute Gasteiger partial charge is 0.373 e. The minimum Gasteiger partial charge on any atom is -0.373 e. The van der Waals surface area contributed by atoms with Crippen molar-refractivity contribution in [3.05, 3.63) is 39.7 Å². The van der Waals surface area contributed by atoms with Crippen LogP contribution < -0.4 is 5.32 Å². The molecule has 1 aliphatic heterocycles. The van der Waals surface area contributed by atoms with Crippen molar-refractivity contribution in [1.29, 1.82) is 0 Å². The van der Waals surface area contributed by atoms with E-state index in [1.807, 2.05) is 6.92 Å². The molecular formula is C22H31N3O2S. The second-order valence-corrected chi connectivity index (χ2v) is 9.20. The minimum atomic E-state index is 0.0539. The number of hydrogen-bond donors (Lipinski definition) is 1. The number of hydrogen-bond acceptors (Lipinski definition) is 5. The molecule has 1 aromatic carbocycles. The zero-order valence-electron chi connectivity index (χ0n) is 17.5. The van der Waals surface area contributed by atoms with Gasteiger partial charge in [-0.1, -0.05) is 29.8 Å². The van der Waals surface area contributed by atoms with Crippen molar-refractivity contribution in [2.75, 3.05) is 19.6 Å². The predicted octanol–water partition coefficient (Wildman–Crippen LogP) is 3.58. The van der Waals surface area contributed by atoms with Gasteiger partial charge in [-0.25, -0.2) is 4.98 Å². The first-order chi connectivity index (χ1) is 13.3. The van der Waals surface area contributed by atoms with Gasteiger partial charge in [0.2, 0.25) is 5.91 Å². The summed E-state index contributed by atoms with van der Waals surface area (Å²) in [5.41, 5.74) is 3.22. The molecule has 0 aliphatic carbocycles. The first-order valence-corrected chi connectivity index (χ1v) is 10.8. The maximum atomic E-state index is 12.6. The van der Waals surface area contributed by atoms with Crippen LogP contribution in [0.3, 0.4) is 0 Å². The van der Waals surface area contributed by atoms with E-state index in [0.717, 1.165) is 34.2 Å². The Hall–Kier alpha value is -1.76. The van der Waals surface area contributed by atoms with Crippen molar-refractivity contribution in [3.63, 3.8) is 0 Å². The van der Waals surface area contributed by atoms with Gasteiger partial charge in [0.25, 0.3) is 0 Å². The van der Waals surface area contributed by atoms with Crippen LogP contribution in [0.2, 0.25) is 0 Å². The quantitative estimate of drug-likeness (QED) is 0.804. The summed E-state index contributed by atoms with van der Waals surface area (Å²) in [7, 11) is 0. The Bertz CT molecular complexity index is 793. The van der Waals surface area contributed by atoms with Crippen LogP contribution in [0.5, 0.6) is 0 Å². The molecule has 1 saturated heterocycles. The first kappa shape index (κ1) is 21.0. The van der Waals surface area contributed by atoms with Crippen molar-refractivity contribution in [3.8, 4) is 11.3 Å². The lowest BCUT2D eigenvalue weighted by Crippen LogP contribution is -2.52. The lowest BCUT2D eigenvalue weighted by atomic mass is 10.1. The molecule has 1 aromatic heterocycles. The number of rotatable bonds is 6. The van der Waals surface area contributed by atoms with Crippen molar-refractivity contribution in [1.82, 2.24) is 15.2 Å². The van der Waals surface area contributed by atoms with E-state index in [-0.39, 0.29) is 24.2 Å². The standard InChI is InChI=1S/C22H31N3O2S/c1-14-6-8-19(9-7-14)22-20(28-18(5)24-22)10-21(26)23-11-15(2)25-12-16(3)27-17(4)13-25/h6-9,15-17H,10-13H2,1-5H3,(H,23,26)/t15-,16-,17+/m1/s1. The number of nitrogens with one attached hydrogen (secondary N) is 1. The maximum absolute atomic E-state index is 12.6. The normalized spacial score (nSPS) is 21.5. The second kappa shape index (κ2) is 9.16. The highest BCUT2D eigenvalue weighted by molar-refractivity contribution is 7.12. The number of thiazole rings is 1. The Morgan fingerprint density at radius 2 is 1.89 bits per heavy atom. The van der Waals surface area contributed by atoms with Crippen LogP contribution in [0, 0.1) is 13.8 Å². The summed E-state index contributed by atoms with van der Waals surface area (Å²) < 4.78 is 5.80. The minimum absolute atomic E-state index is 0.0539. The molecular weight excluding hydrogens is 370 g/mol. The van der Waals surface area contributed by atoms with Gasteiger partial charge in [-0.15, -0.1) is 11.3 Å². The number of carbonyl (C=O) groups is 1. The van der Waals surface area contributed by atoms with E-state index in [9.17, 15) is 4.79 Å². The van der Waals surface area contributed by atoms with Gasteiger partial charge in [-0.3, -0.25) is 9.69 Å². The van der Waals surface area contributed by atoms with E-state index in [0.29, 0.717) is 13.0 Å². The van der Waals surface area contributed by atoms with Crippen molar-refractivity contribution in [2.24, 2.45) is 0 Å². The summed E-state index contributed by atoms with van der Waals surface area (Å²) in [6.45, 7) is 12.9. The average Bonchev–Trinajstić information content (AvgIpc) is 2.99. The topological polar surface area (TPSA) is 54.5 Å². The highest BCUT2D eigenvalue weighted by atomic mass is 32.1. The number of aryl methyl sites for hydroxylation is 2. The molecule has 1 amide bonds. The third-order valence-electron chi connectivity index (χ3n) is 5.12. The first-order valence-electron chi connectivity index (χ1n) is 10.0. The van der Waals surface area contributed by atoms with Crippen molar-refractivity contribution >= 4 is 17.2 Å². The summed E-state index contributed by atoms with van der Waals surface area (Å²) >= 11 is 1.61. The van der Waals surface area contributed by atoms with Gasteiger partial charge in [0.05, 0.1) is 29.3 Å². The number of ether oxygens (including phenoxy) is 1. The Balaban J connectivity index is 1.59. The fraction of sp³-hybridized carbons (Fsp3) is 0.545. The monoisotopic (exact) mass is 401 g/mol. The third kappa shape index (κ3) is 5.40. The van der Waals surface area contributed by atoms with Gasteiger partial charge in [-0.2, -0.15) is 0 Å². The SMILES string of the molecule is Cc1ccc(-c2nc(C)sc2CC(=O)NC[C@@H](C)N2C[C@@H](C)O[C@@H](C)C2)cc1. The average molecular weight is 402 g/mol. The third-order valence-corrected chi connectivity index (χ3v) is 6.09. The van der Waals surface area contributed by atoms with E-state index < -0.39 is 0 Å². The van der Waals surface area contributed by atoms with Crippen LogP contribution in [0.25, 0.3) is 11.3 Å². The number of morpholine rings is 1. The number of carbonyl (C=O) groups excluding carboxylic acids is 1. The molecule has 152 valence electrons. The number of amides is 1. The molecule has 1 aliphatic rings.